The van der Waals surface area contributed by atoms with E-state index in [0.717, 1.165) is 11.1 Å². The normalized spacial score (nSPS) is 17.5. The molecule has 1 aliphatic heterocycles. The third-order valence-electron chi connectivity index (χ3n) is 5.76. The fourth-order valence-electron chi connectivity index (χ4n) is 3.99. The number of amides is 1. The zero-order chi connectivity index (χ0) is 24.2. The second-order valence-corrected chi connectivity index (χ2v) is 8.61. The SMILES string of the molecule is Cc1cccc(COc2ccc(/C(O)=C3\C(=O)C(=O)N(CCN(C)C)C3c3ccco3)cc2)c1. The molecule has 7 heteroatoms. The van der Waals surface area contributed by atoms with Gasteiger partial charge >= 0.3 is 0 Å². The summed E-state index contributed by atoms with van der Waals surface area (Å²) in [7, 11) is 3.78. The number of benzene rings is 2. The smallest absolute Gasteiger partial charge is 0.295 e. The summed E-state index contributed by atoms with van der Waals surface area (Å²) in [5.74, 6) is -0.553. The van der Waals surface area contributed by atoms with Crippen molar-refractivity contribution in [3.63, 3.8) is 0 Å². The Morgan fingerprint density at radius 3 is 2.50 bits per heavy atom. The lowest BCUT2D eigenvalue weighted by molar-refractivity contribution is -0.140. The van der Waals surface area contributed by atoms with Crippen LogP contribution in [0.25, 0.3) is 5.76 Å². The highest BCUT2D eigenvalue weighted by Crippen LogP contribution is 2.39. The number of likely N-dealkylation sites (N-methyl/N-ethyl adjacent to an activating group) is 1. The highest BCUT2D eigenvalue weighted by atomic mass is 16.5. The fraction of sp³-hybridized carbons (Fsp3) is 0.259. The zero-order valence-corrected chi connectivity index (χ0v) is 19.5. The number of nitrogens with zero attached hydrogens (tertiary/aromatic N) is 2. The molecule has 1 amide bonds. The molecule has 0 radical (unpaired) electrons. The minimum absolute atomic E-state index is 0.0205. The van der Waals surface area contributed by atoms with Gasteiger partial charge in [0, 0.05) is 18.7 Å². The molecule has 0 aliphatic carbocycles. The number of hydrogen-bond acceptors (Lipinski definition) is 6. The van der Waals surface area contributed by atoms with Crippen LogP contribution in [0.1, 0.15) is 28.5 Å². The first-order valence-electron chi connectivity index (χ1n) is 11.1. The highest BCUT2D eigenvalue weighted by molar-refractivity contribution is 6.46. The molecule has 0 bridgehead atoms. The molecular formula is C27H28N2O5. The Kier molecular flexibility index (Phi) is 6.84. The lowest BCUT2D eigenvalue weighted by atomic mass is 9.99. The molecule has 1 unspecified atom stereocenters. The summed E-state index contributed by atoms with van der Waals surface area (Å²) in [4.78, 5) is 29.1. The quantitative estimate of drug-likeness (QED) is 0.309. The van der Waals surface area contributed by atoms with Crippen LogP contribution >= 0.6 is 0 Å². The molecular weight excluding hydrogens is 432 g/mol. The molecule has 34 heavy (non-hydrogen) atoms. The van der Waals surface area contributed by atoms with Crippen molar-refractivity contribution in [2.75, 3.05) is 27.2 Å². The summed E-state index contributed by atoms with van der Waals surface area (Å²) < 4.78 is 11.4. The van der Waals surface area contributed by atoms with Gasteiger partial charge in [0.05, 0.1) is 11.8 Å². The van der Waals surface area contributed by atoms with Gasteiger partial charge in [-0.3, -0.25) is 9.59 Å². The third-order valence-corrected chi connectivity index (χ3v) is 5.76. The van der Waals surface area contributed by atoms with Crippen LogP contribution in [0, 0.1) is 6.92 Å². The lowest BCUT2D eigenvalue weighted by Crippen LogP contribution is -2.35. The zero-order valence-electron chi connectivity index (χ0n) is 19.5. The molecule has 7 nitrogen and oxygen atoms in total. The number of Topliss-reactive ketones (excluding diaryl/α,β-unsaturated/α-hetero) is 1. The molecule has 2 aromatic carbocycles. The maximum atomic E-state index is 12.9. The van der Waals surface area contributed by atoms with E-state index in [2.05, 4.69) is 6.07 Å². The molecule has 1 aromatic heterocycles. The van der Waals surface area contributed by atoms with Crippen molar-refractivity contribution in [3.05, 3.63) is 95.0 Å². The molecule has 176 valence electrons. The molecule has 3 aromatic rings. The van der Waals surface area contributed by atoms with Crippen molar-refractivity contribution in [1.29, 1.82) is 0 Å². The standard InChI is InChI=1S/C27H28N2O5/c1-18-6-4-7-19(16-18)17-34-21-11-9-20(10-12-21)25(30)23-24(22-8-5-15-33-22)29(14-13-28(2)3)27(32)26(23)31/h4-12,15-16,24,30H,13-14,17H2,1-3H3/b25-23+. The summed E-state index contributed by atoms with van der Waals surface area (Å²) in [6, 6.07) is 17.5. The first-order chi connectivity index (χ1) is 16.3. The van der Waals surface area contributed by atoms with Gasteiger partial charge in [-0.15, -0.1) is 0 Å². The van der Waals surface area contributed by atoms with E-state index >= 15 is 0 Å². The molecule has 1 saturated heterocycles. The fourth-order valence-corrected chi connectivity index (χ4v) is 3.99. The van der Waals surface area contributed by atoms with Crippen molar-refractivity contribution in [3.8, 4) is 5.75 Å². The van der Waals surface area contributed by atoms with E-state index in [1.807, 2.05) is 44.1 Å². The van der Waals surface area contributed by atoms with Crippen LogP contribution in [0.3, 0.4) is 0 Å². The van der Waals surface area contributed by atoms with Gasteiger partial charge in [-0.05, 0) is 63.0 Å². The van der Waals surface area contributed by atoms with Crippen LogP contribution in [0.2, 0.25) is 0 Å². The Bertz CT molecular complexity index is 1200. The summed E-state index contributed by atoms with van der Waals surface area (Å²) in [5, 5.41) is 11.1. The number of carbonyl (C=O) groups excluding carboxylic acids is 2. The van der Waals surface area contributed by atoms with Gasteiger partial charge in [-0.1, -0.05) is 29.8 Å². The van der Waals surface area contributed by atoms with E-state index in [1.54, 1.807) is 36.4 Å². The van der Waals surface area contributed by atoms with Crippen LogP contribution in [0.15, 0.2) is 76.9 Å². The second kappa shape index (κ2) is 9.97. The van der Waals surface area contributed by atoms with Crippen molar-refractivity contribution < 1.29 is 23.8 Å². The highest BCUT2D eigenvalue weighted by Gasteiger charge is 2.47. The van der Waals surface area contributed by atoms with E-state index in [1.165, 1.54) is 11.2 Å². The van der Waals surface area contributed by atoms with Gasteiger partial charge in [-0.25, -0.2) is 0 Å². The largest absolute Gasteiger partial charge is 0.507 e. The van der Waals surface area contributed by atoms with Gasteiger partial charge in [-0.2, -0.15) is 0 Å². The van der Waals surface area contributed by atoms with Crippen LogP contribution in [0.5, 0.6) is 5.75 Å². The van der Waals surface area contributed by atoms with Crippen molar-refractivity contribution in [2.45, 2.75) is 19.6 Å². The molecule has 1 fully saturated rings. The third kappa shape index (κ3) is 4.89. The number of aliphatic hydroxyl groups is 1. The summed E-state index contributed by atoms with van der Waals surface area (Å²) >= 11 is 0. The van der Waals surface area contributed by atoms with E-state index < -0.39 is 17.7 Å². The Balaban J connectivity index is 1.60. The molecule has 4 rings (SSSR count). The first kappa shape index (κ1) is 23.3. The number of hydrogen-bond donors (Lipinski definition) is 1. The maximum Gasteiger partial charge on any atom is 0.295 e. The van der Waals surface area contributed by atoms with Crippen LogP contribution in [0.4, 0.5) is 0 Å². The molecule has 1 N–H and O–H groups in total. The van der Waals surface area contributed by atoms with E-state index in [-0.39, 0.29) is 11.3 Å². The topological polar surface area (TPSA) is 83.2 Å². The Morgan fingerprint density at radius 2 is 1.85 bits per heavy atom. The molecule has 0 saturated carbocycles. The Hall–Kier alpha value is -3.84. The average molecular weight is 461 g/mol. The predicted octanol–water partition coefficient (Wildman–Crippen LogP) is 4.15. The summed E-state index contributed by atoms with van der Waals surface area (Å²) in [6.45, 7) is 3.34. The van der Waals surface area contributed by atoms with E-state index in [4.69, 9.17) is 9.15 Å². The van der Waals surface area contributed by atoms with Gasteiger partial charge in [0.1, 0.15) is 29.9 Å². The number of ether oxygens (including phenoxy) is 1. The number of ketones is 1. The monoisotopic (exact) mass is 460 g/mol. The number of aliphatic hydroxyl groups excluding tert-OH is 1. The molecule has 2 heterocycles. The minimum Gasteiger partial charge on any atom is -0.507 e. The van der Waals surface area contributed by atoms with Gasteiger partial charge in [0.25, 0.3) is 11.7 Å². The molecule has 0 spiro atoms. The Morgan fingerprint density at radius 1 is 1.09 bits per heavy atom. The van der Waals surface area contributed by atoms with Crippen molar-refractivity contribution in [1.82, 2.24) is 9.80 Å². The average Bonchev–Trinajstić information content (AvgIpc) is 3.43. The van der Waals surface area contributed by atoms with Crippen LogP contribution in [-0.4, -0.2) is 53.8 Å². The van der Waals surface area contributed by atoms with Gasteiger partial charge in [0.2, 0.25) is 0 Å². The van der Waals surface area contributed by atoms with Crippen molar-refractivity contribution >= 4 is 17.4 Å². The van der Waals surface area contributed by atoms with Gasteiger partial charge in [0.15, 0.2) is 0 Å². The van der Waals surface area contributed by atoms with E-state index in [9.17, 15) is 14.7 Å². The van der Waals surface area contributed by atoms with Gasteiger partial charge < -0.3 is 24.1 Å². The summed E-state index contributed by atoms with van der Waals surface area (Å²) in [6.07, 6.45) is 1.49. The minimum atomic E-state index is -0.785. The second-order valence-electron chi connectivity index (χ2n) is 8.61. The van der Waals surface area contributed by atoms with E-state index in [0.29, 0.717) is 36.8 Å². The molecule has 1 atom stereocenters. The maximum absolute atomic E-state index is 12.9. The van der Waals surface area contributed by atoms with Crippen LogP contribution in [-0.2, 0) is 16.2 Å². The molecule has 1 aliphatic rings. The van der Waals surface area contributed by atoms with Crippen LogP contribution < -0.4 is 4.74 Å². The number of likely N-dealkylation sites (tertiary alicyclic amines) is 1. The number of rotatable bonds is 8. The predicted molar refractivity (Wildman–Crippen MR) is 128 cm³/mol. The first-order valence-corrected chi connectivity index (χ1v) is 11.1. The summed E-state index contributed by atoms with van der Waals surface area (Å²) in [5.41, 5.74) is 2.66. The number of aryl methyl sites for hydroxylation is 1. The van der Waals surface area contributed by atoms with Crippen molar-refractivity contribution in [2.24, 2.45) is 0 Å². The lowest BCUT2D eigenvalue weighted by Gasteiger charge is -2.24. The Labute approximate surface area is 198 Å². The number of carbonyl (C=O) groups is 2. The number of furan rings is 1.